The fraction of sp³-hybridized carbons (Fsp3) is 0.400. The number of aromatic nitrogens is 3. The largest absolute Gasteiger partial charge is 0.313 e. The topological polar surface area (TPSA) is 50.7 Å². The van der Waals surface area contributed by atoms with Crippen molar-refractivity contribution in [2.24, 2.45) is 0 Å². The van der Waals surface area contributed by atoms with Crippen molar-refractivity contribution < 1.29 is 0 Å². The van der Waals surface area contributed by atoms with Crippen LogP contribution in [0.25, 0.3) is 11.5 Å². The highest BCUT2D eigenvalue weighted by Gasteiger charge is 2.19. The summed E-state index contributed by atoms with van der Waals surface area (Å²) in [6.07, 6.45) is 8.12. The Morgan fingerprint density at radius 1 is 1.20 bits per heavy atom. The SMILES string of the molecule is CNC1CCCCc2nc(-c3ccc(Cl)cn3)ncc21. The van der Waals surface area contributed by atoms with Gasteiger partial charge >= 0.3 is 0 Å². The van der Waals surface area contributed by atoms with Crippen molar-refractivity contribution in [1.82, 2.24) is 20.3 Å². The highest BCUT2D eigenvalue weighted by atomic mass is 35.5. The Morgan fingerprint density at radius 2 is 2.10 bits per heavy atom. The second-order valence-electron chi connectivity index (χ2n) is 5.04. The number of nitrogens with zero attached hydrogens (tertiary/aromatic N) is 3. The van der Waals surface area contributed by atoms with E-state index in [1.807, 2.05) is 25.4 Å². The summed E-state index contributed by atoms with van der Waals surface area (Å²) < 4.78 is 0. The van der Waals surface area contributed by atoms with Crippen LogP contribution in [-0.4, -0.2) is 22.0 Å². The first-order valence-electron chi connectivity index (χ1n) is 6.93. The van der Waals surface area contributed by atoms with E-state index < -0.39 is 0 Å². The molecular weight excluding hydrogens is 272 g/mol. The van der Waals surface area contributed by atoms with Crippen molar-refractivity contribution >= 4 is 11.6 Å². The molecule has 5 heteroatoms. The summed E-state index contributed by atoms with van der Waals surface area (Å²) in [5.41, 5.74) is 3.13. The zero-order chi connectivity index (χ0) is 13.9. The second-order valence-corrected chi connectivity index (χ2v) is 5.48. The predicted octanol–water partition coefficient (Wildman–Crippen LogP) is 3.18. The Hall–Kier alpha value is -1.52. The first kappa shape index (κ1) is 13.5. The van der Waals surface area contributed by atoms with Crippen LogP contribution in [0.2, 0.25) is 5.02 Å². The Kier molecular flexibility index (Phi) is 3.94. The monoisotopic (exact) mass is 288 g/mol. The smallest absolute Gasteiger partial charge is 0.178 e. The van der Waals surface area contributed by atoms with Crippen LogP contribution in [0.3, 0.4) is 0 Å². The van der Waals surface area contributed by atoms with E-state index in [1.165, 1.54) is 18.4 Å². The maximum atomic E-state index is 5.86. The molecule has 0 aromatic carbocycles. The summed E-state index contributed by atoms with van der Waals surface area (Å²) in [5.74, 6) is 0.678. The zero-order valence-corrected chi connectivity index (χ0v) is 12.2. The minimum Gasteiger partial charge on any atom is -0.313 e. The molecule has 0 aliphatic heterocycles. The first-order chi connectivity index (χ1) is 9.78. The maximum absolute atomic E-state index is 5.86. The van der Waals surface area contributed by atoms with Gasteiger partial charge in [0, 0.05) is 29.7 Å². The third kappa shape index (κ3) is 2.67. The van der Waals surface area contributed by atoms with Crippen LogP contribution >= 0.6 is 11.6 Å². The Balaban J connectivity index is 1.99. The number of rotatable bonds is 2. The molecule has 0 bridgehead atoms. The predicted molar refractivity (Wildman–Crippen MR) is 79.6 cm³/mol. The van der Waals surface area contributed by atoms with Gasteiger partial charge in [-0.25, -0.2) is 9.97 Å². The van der Waals surface area contributed by atoms with E-state index in [-0.39, 0.29) is 0 Å². The molecule has 104 valence electrons. The van der Waals surface area contributed by atoms with Crippen molar-refractivity contribution in [3.63, 3.8) is 0 Å². The summed E-state index contributed by atoms with van der Waals surface area (Å²) in [6, 6.07) is 4.03. The molecule has 1 atom stereocenters. The quantitative estimate of drug-likeness (QED) is 0.862. The number of halogens is 1. The van der Waals surface area contributed by atoms with Crippen LogP contribution in [0.1, 0.15) is 36.6 Å². The summed E-state index contributed by atoms with van der Waals surface area (Å²) in [4.78, 5) is 13.5. The van der Waals surface area contributed by atoms with E-state index in [9.17, 15) is 0 Å². The van der Waals surface area contributed by atoms with Gasteiger partial charge in [0.15, 0.2) is 5.82 Å². The van der Waals surface area contributed by atoms with Gasteiger partial charge in [-0.05, 0) is 38.4 Å². The lowest BCUT2D eigenvalue weighted by Crippen LogP contribution is -2.17. The molecule has 0 saturated carbocycles. The van der Waals surface area contributed by atoms with Crippen LogP contribution in [0.5, 0.6) is 0 Å². The molecule has 1 aliphatic carbocycles. The van der Waals surface area contributed by atoms with Gasteiger partial charge in [-0.3, -0.25) is 4.98 Å². The van der Waals surface area contributed by atoms with Crippen LogP contribution in [-0.2, 0) is 6.42 Å². The van der Waals surface area contributed by atoms with E-state index in [0.717, 1.165) is 24.2 Å². The van der Waals surface area contributed by atoms with Gasteiger partial charge in [0.05, 0.1) is 5.02 Å². The standard InChI is InChI=1S/C15H17ClN4/c1-17-12-4-2-3-5-13-11(12)9-19-15(20-13)14-7-6-10(16)8-18-14/h6-9,12,17H,2-5H2,1H3. The summed E-state index contributed by atoms with van der Waals surface area (Å²) in [5, 5.41) is 3.98. The molecule has 4 nitrogen and oxygen atoms in total. The molecule has 1 N–H and O–H groups in total. The number of hydrogen-bond donors (Lipinski definition) is 1. The lowest BCUT2D eigenvalue weighted by atomic mass is 10.1. The van der Waals surface area contributed by atoms with E-state index in [1.54, 1.807) is 6.20 Å². The highest BCUT2D eigenvalue weighted by Crippen LogP contribution is 2.28. The minimum absolute atomic E-state index is 0.361. The third-order valence-electron chi connectivity index (χ3n) is 3.74. The number of fused-ring (bicyclic) bond motifs is 1. The van der Waals surface area contributed by atoms with Crippen LogP contribution < -0.4 is 5.32 Å². The zero-order valence-electron chi connectivity index (χ0n) is 11.4. The molecule has 0 radical (unpaired) electrons. The van der Waals surface area contributed by atoms with Gasteiger partial charge in [-0.15, -0.1) is 0 Å². The number of pyridine rings is 1. The number of nitrogens with one attached hydrogen (secondary N) is 1. The van der Waals surface area contributed by atoms with Crippen LogP contribution in [0.15, 0.2) is 24.5 Å². The Bertz CT molecular complexity index is 597. The van der Waals surface area contributed by atoms with Crippen LogP contribution in [0, 0.1) is 0 Å². The molecule has 2 heterocycles. The van der Waals surface area contributed by atoms with Gasteiger partial charge < -0.3 is 5.32 Å². The molecule has 0 amide bonds. The molecule has 1 aliphatic rings. The fourth-order valence-corrected chi connectivity index (χ4v) is 2.76. The molecular formula is C15H17ClN4. The number of aryl methyl sites for hydroxylation is 1. The Morgan fingerprint density at radius 3 is 2.85 bits per heavy atom. The average Bonchev–Trinajstić information content (AvgIpc) is 2.69. The molecule has 2 aromatic heterocycles. The molecule has 0 spiro atoms. The fourth-order valence-electron chi connectivity index (χ4n) is 2.65. The van der Waals surface area contributed by atoms with E-state index >= 15 is 0 Å². The number of hydrogen-bond acceptors (Lipinski definition) is 4. The van der Waals surface area contributed by atoms with Gasteiger partial charge in [0.25, 0.3) is 0 Å². The molecule has 1 unspecified atom stereocenters. The lowest BCUT2D eigenvalue weighted by molar-refractivity contribution is 0.532. The summed E-state index contributed by atoms with van der Waals surface area (Å²) in [7, 11) is 1.99. The van der Waals surface area contributed by atoms with E-state index in [4.69, 9.17) is 16.6 Å². The Labute approximate surface area is 123 Å². The third-order valence-corrected chi connectivity index (χ3v) is 3.96. The van der Waals surface area contributed by atoms with Crippen molar-refractivity contribution in [2.45, 2.75) is 31.7 Å². The van der Waals surface area contributed by atoms with Crippen molar-refractivity contribution in [2.75, 3.05) is 7.05 Å². The summed E-state index contributed by atoms with van der Waals surface area (Å²) >= 11 is 5.86. The molecule has 0 saturated heterocycles. The average molecular weight is 289 g/mol. The minimum atomic E-state index is 0.361. The molecule has 20 heavy (non-hydrogen) atoms. The summed E-state index contributed by atoms with van der Waals surface area (Å²) in [6.45, 7) is 0. The normalized spacial score (nSPS) is 18.4. The molecule has 2 aromatic rings. The van der Waals surface area contributed by atoms with E-state index in [0.29, 0.717) is 16.9 Å². The van der Waals surface area contributed by atoms with Gasteiger partial charge in [-0.2, -0.15) is 0 Å². The second kappa shape index (κ2) is 5.85. The van der Waals surface area contributed by atoms with E-state index in [2.05, 4.69) is 15.3 Å². The first-order valence-corrected chi connectivity index (χ1v) is 7.30. The molecule has 0 fully saturated rings. The van der Waals surface area contributed by atoms with Crippen molar-refractivity contribution in [3.8, 4) is 11.5 Å². The van der Waals surface area contributed by atoms with Gasteiger partial charge in [-0.1, -0.05) is 18.0 Å². The maximum Gasteiger partial charge on any atom is 0.178 e. The van der Waals surface area contributed by atoms with Gasteiger partial charge in [0.2, 0.25) is 0 Å². The van der Waals surface area contributed by atoms with Gasteiger partial charge in [0.1, 0.15) is 5.69 Å². The van der Waals surface area contributed by atoms with Crippen LogP contribution in [0.4, 0.5) is 0 Å². The highest BCUT2D eigenvalue weighted by molar-refractivity contribution is 6.30. The lowest BCUT2D eigenvalue weighted by Gasteiger charge is -2.16. The molecule has 3 rings (SSSR count). The van der Waals surface area contributed by atoms with Crippen molar-refractivity contribution in [1.29, 1.82) is 0 Å². The van der Waals surface area contributed by atoms with Crippen molar-refractivity contribution in [3.05, 3.63) is 40.8 Å².